The highest BCUT2D eigenvalue weighted by molar-refractivity contribution is 8.00. The first kappa shape index (κ1) is 24.1. The Morgan fingerprint density at radius 1 is 1.00 bits per heavy atom. The topological polar surface area (TPSA) is 44.8 Å². The zero-order valence-corrected chi connectivity index (χ0v) is 18.9. The minimum absolute atomic E-state index is 0.00806. The van der Waals surface area contributed by atoms with Crippen LogP contribution in [0.25, 0.3) is 10.8 Å². The first-order chi connectivity index (χ1) is 15.2. The van der Waals surface area contributed by atoms with Crippen LogP contribution in [0.15, 0.2) is 53.4 Å². The minimum atomic E-state index is -4.56. The molecule has 0 spiro atoms. The highest BCUT2D eigenvalue weighted by atomic mass is 35.5. The Balaban J connectivity index is 1.89. The summed E-state index contributed by atoms with van der Waals surface area (Å²) in [4.78, 5) is 12.4. The van der Waals surface area contributed by atoms with Gasteiger partial charge in [0.15, 0.2) is 11.5 Å². The van der Waals surface area contributed by atoms with Crippen LogP contribution >= 0.6 is 23.4 Å². The molecular formula is C23H20ClF3O4S. The predicted octanol–water partition coefficient (Wildman–Crippen LogP) is 7.36. The summed E-state index contributed by atoms with van der Waals surface area (Å²) in [6.07, 6.45) is -4.56. The fraction of sp³-hybridized carbons (Fsp3) is 0.261. The molecule has 0 aliphatic heterocycles. The Kier molecular flexibility index (Phi) is 7.79. The third-order valence-corrected chi connectivity index (χ3v) is 5.55. The van der Waals surface area contributed by atoms with E-state index in [1.54, 1.807) is 26.0 Å². The van der Waals surface area contributed by atoms with Gasteiger partial charge in [-0.15, -0.1) is 11.8 Å². The van der Waals surface area contributed by atoms with Gasteiger partial charge in [0.25, 0.3) is 0 Å². The summed E-state index contributed by atoms with van der Waals surface area (Å²) in [5.41, 5.74) is -0.917. The third kappa shape index (κ3) is 6.01. The van der Waals surface area contributed by atoms with E-state index in [-0.39, 0.29) is 34.9 Å². The van der Waals surface area contributed by atoms with Crippen LogP contribution in [0.5, 0.6) is 17.2 Å². The maximum Gasteiger partial charge on any atom is 0.416 e. The maximum absolute atomic E-state index is 13.1. The van der Waals surface area contributed by atoms with Crippen molar-refractivity contribution in [2.24, 2.45) is 0 Å². The molecule has 0 N–H and O–H groups in total. The molecule has 0 bridgehead atoms. The van der Waals surface area contributed by atoms with Gasteiger partial charge in [0.2, 0.25) is 0 Å². The minimum Gasteiger partial charge on any atom is -0.490 e. The number of hydrogen-bond acceptors (Lipinski definition) is 5. The van der Waals surface area contributed by atoms with Crippen LogP contribution in [0.4, 0.5) is 13.2 Å². The van der Waals surface area contributed by atoms with Crippen molar-refractivity contribution in [1.82, 2.24) is 0 Å². The van der Waals surface area contributed by atoms with Gasteiger partial charge in [-0.2, -0.15) is 13.2 Å². The van der Waals surface area contributed by atoms with E-state index >= 15 is 0 Å². The molecule has 0 aliphatic rings. The van der Waals surface area contributed by atoms with Crippen LogP contribution in [0, 0.1) is 0 Å². The average molecular weight is 485 g/mol. The summed E-state index contributed by atoms with van der Waals surface area (Å²) in [7, 11) is 0. The zero-order valence-electron chi connectivity index (χ0n) is 17.3. The normalized spacial score (nSPS) is 11.4. The van der Waals surface area contributed by atoms with Crippen molar-refractivity contribution in [3.63, 3.8) is 0 Å². The number of benzene rings is 3. The van der Waals surface area contributed by atoms with Gasteiger partial charge in [0.05, 0.1) is 29.6 Å². The molecular weight excluding hydrogens is 465 g/mol. The van der Waals surface area contributed by atoms with E-state index in [1.807, 2.05) is 24.3 Å². The SMILES string of the molecule is CCOC(=O)CSc1ccc2ccc(Oc3c(Cl)cc(C(F)(F)F)cc3OCC)cc2c1. The van der Waals surface area contributed by atoms with Gasteiger partial charge in [-0.25, -0.2) is 0 Å². The Morgan fingerprint density at radius 3 is 2.44 bits per heavy atom. The number of hydrogen-bond donors (Lipinski definition) is 0. The smallest absolute Gasteiger partial charge is 0.416 e. The molecule has 0 amide bonds. The van der Waals surface area contributed by atoms with Gasteiger partial charge >= 0.3 is 12.1 Å². The lowest BCUT2D eigenvalue weighted by atomic mass is 10.1. The van der Waals surface area contributed by atoms with Gasteiger partial charge in [-0.05, 0) is 61.0 Å². The lowest BCUT2D eigenvalue weighted by Gasteiger charge is -2.16. The highest BCUT2D eigenvalue weighted by Gasteiger charge is 2.33. The quantitative estimate of drug-likeness (QED) is 0.247. The van der Waals surface area contributed by atoms with Crippen molar-refractivity contribution < 1.29 is 32.2 Å². The molecule has 0 fully saturated rings. The molecule has 0 aromatic heterocycles. The van der Waals surface area contributed by atoms with Gasteiger partial charge < -0.3 is 14.2 Å². The first-order valence-corrected chi connectivity index (χ1v) is 11.1. The van der Waals surface area contributed by atoms with Crippen molar-refractivity contribution in [2.75, 3.05) is 19.0 Å². The summed E-state index contributed by atoms with van der Waals surface area (Å²) in [5.74, 6) is 0.191. The molecule has 170 valence electrons. The number of alkyl halides is 3. The fourth-order valence-electron chi connectivity index (χ4n) is 2.91. The lowest BCUT2D eigenvalue weighted by molar-refractivity contribution is -0.140. The zero-order chi connectivity index (χ0) is 23.3. The Morgan fingerprint density at radius 2 is 1.75 bits per heavy atom. The second kappa shape index (κ2) is 10.4. The second-order valence-electron chi connectivity index (χ2n) is 6.58. The van der Waals surface area contributed by atoms with Crippen molar-refractivity contribution in [3.8, 4) is 17.2 Å². The van der Waals surface area contributed by atoms with Crippen LogP contribution < -0.4 is 9.47 Å². The molecule has 4 nitrogen and oxygen atoms in total. The number of fused-ring (bicyclic) bond motifs is 1. The van der Waals surface area contributed by atoms with E-state index in [0.717, 1.165) is 27.8 Å². The highest BCUT2D eigenvalue weighted by Crippen LogP contribution is 2.43. The van der Waals surface area contributed by atoms with Crippen molar-refractivity contribution in [2.45, 2.75) is 24.9 Å². The Bertz CT molecular complexity index is 1120. The second-order valence-corrected chi connectivity index (χ2v) is 8.04. The molecule has 0 unspecified atom stereocenters. The van der Waals surface area contributed by atoms with E-state index in [4.69, 9.17) is 25.8 Å². The predicted molar refractivity (Wildman–Crippen MR) is 119 cm³/mol. The number of carbonyl (C=O) groups excluding carboxylic acids is 1. The van der Waals surface area contributed by atoms with Crippen LogP contribution in [0.3, 0.4) is 0 Å². The molecule has 0 saturated heterocycles. The Hall–Kier alpha value is -2.58. The molecule has 3 aromatic carbocycles. The molecule has 9 heteroatoms. The standard InChI is InChI=1S/C23H20ClF3O4S/c1-3-29-20-12-16(23(25,26)27)11-19(24)22(20)31-17-7-5-14-6-8-18(10-15(14)9-17)32-13-21(28)30-4-2/h5-12H,3-4,13H2,1-2H3. The van der Waals surface area contributed by atoms with Crippen molar-refractivity contribution in [1.29, 1.82) is 0 Å². The van der Waals surface area contributed by atoms with Crippen LogP contribution in [-0.2, 0) is 15.7 Å². The Labute approximate surface area is 192 Å². The molecule has 0 radical (unpaired) electrons. The number of thioether (sulfide) groups is 1. The number of esters is 1. The number of halogens is 4. The number of ether oxygens (including phenoxy) is 3. The van der Waals surface area contributed by atoms with Crippen molar-refractivity contribution in [3.05, 3.63) is 59.1 Å². The maximum atomic E-state index is 13.1. The van der Waals surface area contributed by atoms with E-state index in [9.17, 15) is 18.0 Å². The summed E-state index contributed by atoms with van der Waals surface area (Å²) in [6.45, 7) is 3.88. The largest absolute Gasteiger partial charge is 0.490 e. The number of rotatable bonds is 8. The summed E-state index contributed by atoms with van der Waals surface area (Å²) in [6, 6.07) is 12.6. The van der Waals surface area contributed by atoms with Gasteiger partial charge in [-0.1, -0.05) is 23.7 Å². The van der Waals surface area contributed by atoms with Crippen LogP contribution in [-0.4, -0.2) is 24.9 Å². The average Bonchev–Trinajstić information content (AvgIpc) is 2.74. The van der Waals surface area contributed by atoms with Gasteiger partial charge in [0.1, 0.15) is 5.75 Å². The van der Waals surface area contributed by atoms with Gasteiger partial charge in [-0.3, -0.25) is 4.79 Å². The van der Waals surface area contributed by atoms with E-state index < -0.39 is 11.7 Å². The summed E-state index contributed by atoms with van der Waals surface area (Å²) < 4.78 is 55.5. The lowest BCUT2D eigenvalue weighted by Crippen LogP contribution is -2.06. The van der Waals surface area contributed by atoms with E-state index in [1.165, 1.54) is 11.8 Å². The third-order valence-electron chi connectivity index (χ3n) is 4.30. The molecule has 0 heterocycles. The molecule has 0 aliphatic carbocycles. The monoisotopic (exact) mass is 484 g/mol. The molecule has 3 rings (SSSR count). The molecule has 0 saturated carbocycles. The molecule has 0 atom stereocenters. The van der Waals surface area contributed by atoms with Crippen LogP contribution in [0.1, 0.15) is 19.4 Å². The van der Waals surface area contributed by atoms with Crippen LogP contribution in [0.2, 0.25) is 5.02 Å². The van der Waals surface area contributed by atoms with Gasteiger partial charge in [0, 0.05) is 4.90 Å². The number of carbonyl (C=O) groups is 1. The fourth-order valence-corrected chi connectivity index (χ4v) is 3.90. The summed E-state index contributed by atoms with van der Waals surface area (Å²) >= 11 is 7.46. The first-order valence-electron chi connectivity index (χ1n) is 9.75. The molecule has 3 aromatic rings. The van der Waals surface area contributed by atoms with E-state index in [0.29, 0.717) is 12.4 Å². The summed E-state index contributed by atoms with van der Waals surface area (Å²) in [5, 5.41) is 1.56. The van der Waals surface area contributed by atoms with E-state index in [2.05, 4.69) is 0 Å². The molecule has 32 heavy (non-hydrogen) atoms. The van der Waals surface area contributed by atoms with Crippen molar-refractivity contribution >= 4 is 40.1 Å².